The van der Waals surface area contributed by atoms with E-state index < -0.39 is 4.92 Å². The van der Waals surface area contributed by atoms with Crippen molar-refractivity contribution in [2.75, 3.05) is 0 Å². The molecule has 0 amide bonds. The third-order valence-electron chi connectivity index (χ3n) is 0.866. The third-order valence-corrected chi connectivity index (χ3v) is 2.10. The smallest absolute Gasteiger partial charge is 0.357 e. The number of thiazole rings is 1. The molecule has 0 atom stereocenters. The quantitative estimate of drug-likeness (QED) is 0.405. The first kappa shape index (κ1) is 8.09. The van der Waals surface area contributed by atoms with Crippen molar-refractivity contribution in [2.45, 2.75) is 0 Å². The summed E-state index contributed by atoms with van der Waals surface area (Å²) in [7, 11) is 0. The van der Waals surface area contributed by atoms with Gasteiger partial charge in [0.2, 0.25) is 5.69 Å². The summed E-state index contributed by atoms with van der Waals surface area (Å²) in [6, 6.07) is 0. The van der Waals surface area contributed by atoms with Crippen molar-refractivity contribution in [3.05, 3.63) is 20.1 Å². The second-order valence-corrected chi connectivity index (χ2v) is 3.11. The van der Waals surface area contributed by atoms with Crippen molar-refractivity contribution in [3.63, 3.8) is 0 Å². The van der Waals surface area contributed by atoms with Crippen LogP contribution in [0, 0.1) is 10.1 Å². The van der Waals surface area contributed by atoms with E-state index in [2.05, 4.69) is 4.98 Å². The first-order chi connectivity index (χ1) is 5.15. The van der Waals surface area contributed by atoms with Crippen LogP contribution in [0.3, 0.4) is 0 Å². The lowest BCUT2D eigenvalue weighted by atomic mass is 10.6. The Balaban J connectivity index is 3.14. The summed E-state index contributed by atoms with van der Waals surface area (Å²) >= 11 is 6.08. The molecule has 0 saturated heterocycles. The van der Waals surface area contributed by atoms with Crippen LogP contribution in [-0.2, 0) is 0 Å². The topological polar surface area (TPSA) is 73.1 Å². The fourth-order valence-corrected chi connectivity index (χ4v) is 1.32. The average molecular weight is 193 g/mol. The Morgan fingerprint density at radius 1 is 1.73 bits per heavy atom. The predicted molar refractivity (Wildman–Crippen MR) is 39.2 cm³/mol. The third kappa shape index (κ3) is 1.52. The van der Waals surface area contributed by atoms with E-state index in [1.54, 1.807) is 0 Å². The van der Waals surface area contributed by atoms with Crippen LogP contribution in [-0.4, -0.2) is 16.2 Å². The van der Waals surface area contributed by atoms with Gasteiger partial charge in [-0.05, 0) is 21.2 Å². The molecule has 0 bridgehead atoms. The molecule has 1 aromatic rings. The van der Waals surface area contributed by atoms with E-state index in [4.69, 9.17) is 11.6 Å². The van der Waals surface area contributed by atoms with Gasteiger partial charge in [-0.15, -0.1) is 0 Å². The Kier molecular flexibility index (Phi) is 2.16. The molecule has 11 heavy (non-hydrogen) atoms. The number of carbonyl (C=O) groups excluding carboxylic acids is 1. The maximum atomic E-state index is 10.1. The fraction of sp³-hybridized carbons (Fsp3) is 0. The monoisotopic (exact) mass is 192 g/mol. The van der Waals surface area contributed by atoms with Gasteiger partial charge < -0.3 is 10.1 Å². The van der Waals surface area contributed by atoms with Crippen molar-refractivity contribution < 1.29 is 9.72 Å². The number of rotatable bonds is 2. The highest BCUT2D eigenvalue weighted by molar-refractivity contribution is 7.19. The van der Waals surface area contributed by atoms with E-state index in [-0.39, 0.29) is 15.2 Å². The van der Waals surface area contributed by atoms with Crippen molar-refractivity contribution in [1.29, 1.82) is 0 Å². The van der Waals surface area contributed by atoms with Gasteiger partial charge in [0.25, 0.3) is 0 Å². The summed E-state index contributed by atoms with van der Waals surface area (Å²) < 4.78 is 0.0479. The Labute approximate surface area is 69.8 Å². The highest BCUT2D eigenvalue weighted by atomic mass is 35.5. The van der Waals surface area contributed by atoms with E-state index in [0.717, 1.165) is 0 Å². The Hall–Kier alpha value is -1.01. The molecule has 5 nitrogen and oxygen atoms in total. The molecule has 0 N–H and O–H groups in total. The average Bonchev–Trinajstić information content (AvgIpc) is 2.31. The SMILES string of the molecule is O=Cc1nc([N+](=O)[O-])sc1Cl. The first-order valence-corrected chi connectivity index (χ1v) is 3.60. The molecule has 1 aromatic heterocycles. The molecular weight excluding hydrogens is 192 g/mol. The molecule has 0 aliphatic rings. The zero-order valence-electron chi connectivity index (χ0n) is 4.98. The summed E-state index contributed by atoms with van der Waals surface area (Å²) in [6.45, 7) is 0. The van der Waals surface area contributed by atoms with Crippen LogP contribution in [0.15, 0.2) is 0 Å². The molecule has 0 fully saturated rings. The van der Waals surface area contributed by atoms with Crippen LogP contribution in [0.4, 0.5) is 5.13 Å². The van der Waals surface area contributed by atoms with Gasteiger partial charge in [-0.3, -0.25) is 4.79 Å². The zero-order valence-corrected chi connectivity index (χ0v) is 6.56. The number of nitrogens with zero attached hydrogens (tertiary/aromatic N) is 2. The van der Waals surface area contributed by atoms with E-state index in [0.29, 0.717) is 17.6 Å². The highest BCUT2D eigenvalue weighted by Crippen LogP contribution is 2.27. The molecule has 0 spiro atoms. The minimum atomic E-state index is -0.691. The summed E-state index contributed by atoms with van der Waals surface area (Å²) in [6.07, 6.45) is 0.381. The van der Waals surface area contributed by atoms with Gasteiger partial charge in [0.05, 0.1) is 0 Å². The molecule has 0 saturated carbocycles. The molecule has 1 rings (SSSR count). The van der Waals surface area contributed by atoms with Gasteiger partial charge in [-0.1, -0.05) is 11.6 Å². The molecule has 7 heteroatoms. The maximum absolute atomic E-state index is 10.1. The summed E-state index contributed by atoms with van der Waals surface area (Å²) in [5, 5.41) is 9.70. The van der Waals surface area contributed by atoms with E-state index in [9.17, 15) is 14.9 Å². The van der Waals surface area contributed by atoms with Gasteiger partial charge in [0.1, 0.15) is 0 Å². The zero-order chi connectivity index (χ0) is 8.43. The first-order valence-electron chi connectivity index (χ1n) is 2.41. The number of nitro groups is 1. The Morgan fingerprint density at radius 3 is 2.64 bits per heavy atom. The van der Waals surface area contributed by atoms with Crippen LogP contribution in [0.5, 0.6) is 0 Å². The molecule has 0 aromatic carbocycles. The number of aromatic nitrogens is 1. The molecule has 0 aliphatic heterocycles. The van der Waals surface area contributed by atoms with Gasteiger partial charge in [0.15, 0.2) is 10.6 Å². The maximum Gasteiger partial charge on any atom is 0.425 e. The normalized spacial score (nSPS) is 9.55. The van der Waals surface area contributed by atoms with Gasteiger partial charge in [0, 0.05) is 0 Å². The fourth-order valence-electron chi connectivity index (χ4n) is 0.453. The predicted octanol–water partition coefficient (Wildman–Crippen LogP) is 1.52. The number of carbonyl (C=O) groups is 1. The molecule has 0 aliphatic carbocycles. The lowest BCUT2D eigenvalue weighted by molar-refractivity contribution is -0.384. The van der Waals surface area contributed by atoms with E-state index in [1.165, 1.54) is 0 Å². The number of aldehydes is 1. The van der Waals surface area contributed by atoms with Gasteiger partial charge in [-0.25, -0.2) is 0 Å². The largest absolute Gasteiger partial charge is 0.425 e. The minimum Gasteiger partial charge on any atom is -0.357 e. The van der Waals surface area contributed by atoms with E-state index >= 15 is 0 Å². The number of hydrogen-bond donors (Lipinski definition) is 0. The molecule has 58 valence electrons. The van der Waals surface area contributed by atoms with Crippen LogP contribution < -0.4 is 0 Å². The minimum absolute atomic E-state index is 0.0479. The van der Waals surface area contributed by atoms with Crippen molar-refractivity contribution in [1.82, 2.24) is 4.98 Å². The molecule has 1 heterocycles. The lowest BCUT2D eigenvalue weighted by Gasteiger charge is -1.80. The van der Waals surface area contributed by atoms with Crippen LogP contribution in [0.1, 0.15) is 10.5 Å². The summed E-state index contributed by atoms with van der Waals surface area (Å²) in [4.78, 5) is 22.8. The standard InChI is InChI=1S/C4HClN2O3S/c5-3-2(1-8)6-4(11-3)7(9)10/h1H. The second kappa shape index (κ2) is 2.93. The highest BCUT2D eigenvalue weighted by Gasteiger charge is 2.18. The lowest BCUT2D eigenvalue weighted by Crippen LogP contribution is -1.86. The summed E-state index contributed by atoms with van der Waals surface area (Å²) in [5.74, 6) is 0. The molecule has 0 radical (unpaired) electrons. The van der Waals surface area contributed by atoms with Crippen molar-refractivity contribution >= 4 is 34.4 Å². The Bertz CT molecular complexity index is 310. The van der Waals surface area contributed by atoms with Crippen LogP contribution >= 0.6 is 22.9 Å². The molecular formula is C4HClN2O3S. The number of hydrogen-bond acceptors (Lipinski definition) is 5. The Morgan fingerprint density at radius 2 is 2.36 bits per heavy atom. The van der Waals surface area contributed by atoms with Crippen LogP contribution in [0.25, 0.3) is 0 Å². The number of halogens is 1. The summed E-state index contributed by atoms with van der Waals surface area (Å²) in [5.41, 5.74) is -0.0802. The van der Waals surface area contributed by atoms with Gasteiger partial charge >= 0.3 is 5.13 Å². The van der Waals surface area contributed by atoms with E-state index in [1.807, 2.05) is 0 Å². The molecule has 0 unspecified atom stereocenters. The second-order valence-electron chi connectivity index (χ2n) is 1.53. The van der Waals surface area contributed by atoms with Crippen molar-refractivity contribution in [2.24, 2.45) is 0 Å². The van der Waals surface area contributed by atoms with Crippen LogP contribution in [0.2, 0.25) is 4.34 Å². The van der Waals surface area contributed by atoms with Gasteiger partial charge in [-0.2, -0.15) is 0 Å². The van der Waals surface area contributed by atoms with Crippen molar-refractivity contribution in [3.8, 4) is 0 Å².